The van der Waals surface area contributed by atoms with Crippen molar-refractivity contribution < 1.29 is 9.63 Å². The Labute approximate surface area is 114 Å². The minimum Gasteiger partial charge on any atom is -0.389 e. The van der Waals surface area contributed by atoms with Gasteiger partial charge in [0.25, 0.3) is 0 Å². The van der Waals surface area contributed by atoms with Gasteiger partial charge in [0, 0.05) is 16.5 Å². The molecule has 6 heteroatoms. The van der Waals surface area contributed by atoms with Gasteiger partial charge in [0.1, 0.15) is 6.61 Å². The molecule has 1 amide bonds. The van der Waals surface area contributed by atoms with Gasteiger partial charge in [-0.3, -0.25) is 4.79 Å². The number of thiophene rings is 1. The number of rotatable bonds is 5. The van der Waals surface area contributed by atoms with Gasteiger partial charge in [-0.1, -0.05) is 17.3 Å². The summed E-state index contributed by atoms with van der Waals surface area (Å²) < 4.78 is 0. The van der Waals surface area contributed by atoms with E-state index in [1.54, 1.807) is 18.2 Å². The van der Waals surface area contributed by atoms with Crippen molar-refractivity contribution in [3.63, 3.8) is 0 Å². The molecule has 1 aromatic carbocycles. The summed E-state index contributed by atoms with van der Waals surface area (Å²) in [5.74, 6) is -0.143. The molecule has 0 atom stereocenters. The lowest BCUT2D eigenvalue weighted by Gasteiger charge is -2.03. The third kappa shape index (κ3) is 3.56. The lowest BCUT2D eigenvalue weighted by molar-refractivity contribution is 0.0999. The number of amidine groups is 1. The van der Waals surface area contributed by atoms with Gasteiger partial charge in [0.2, 0.25) is 5.91 Å². The van der Waals surface area contributed by atoms with Crippen LogP contribution < -0.4 is 11.5 Å². The molecular formula is C13H13N3O2S. The molecule has 98 valence electrons. The molecule has 19 heavy (non-hydrogen) atoms. The fraction of sp³-hybridized carbons (Fsp3) is 0.0769. The average molecular weight is 275 g/mol. The number of carbonyl (C=O) groups is 1. The van der Waals surface area contributed by atoms with Crippen LogP contribution in [-0.2, 0) is 11.4 Å². The minimum absolute atomic E-state index is 0.228. The second-order valence-electron chi connectivity index (χ2n) is 3.83. The highest BCUT2D eigenvalue weighted by Gasteiger charge is 2.02. The molecule has 1 aromatic heterocycles. The predicted octanol–water partition coefficient (Wildman–Crippen LogP) is 1.68. The summed E-state index contributed by atoms with van der Waals surface area (Å²) in [4.78, 5) is 16.2. The molecule has 0 aliphatic heterocycles. The Kier molecular flexibility index (Phi) is 4.15. The smallest absolute Gasteiger partial charge is 0.248 e. The van der Waals surface area contributed by atoms with Crippen LogP contribution in [0.5, 0.6) is 0 Å². The summed E-state index contributed by atoms with van der Waals surface area (Å²) in [5.41, 5.74) is 13.0. The number of benzene rings is 1. The number of carbonyl (C=O) groups excluding carboxylic acids is 1. The van der Waals surface area contributed by atoms with E-state index in [1.807, 2.05) is 22.9 Å². The van der Waals surface area contributed by atoms with Crippen molar-refractivity contribution in [1.82, 2.24) is 0 Å². The SMILES string of the molecule is NC(=O)c1cccc(CON=C(N)c2ccsc2)c1. The Morgan fingerprint density at radius 3 is 2.79 bits per heavy atom. The van der Waals surface area contributed by atoms with E-state index < -0.39 is 5.91 Å². The molecule has 0 aliphatic carbocycles. The first-order valence-electron chi connectivity index (χ1n) is 5.53. The fourth-order valence-electron chi connectivity index (χ4n) is 1.45. The number of hydrogen-bond donors (Lipinski definition) is 2. The van der Waals surface area contributed by atoms with Gasteiger partial charge in [-0.15, -0.1) is 0 Å². The molecule has 0 saturated heterocycles. The summed E-state index contributed by atoms with van der Waals surface area (Å²) in [7, 11) is 0. The van der Waals surface area contributed by atoms with Crippen LogP contribution >= 0.6 is 11.3 Å². The highest BCUT2D eigenvalue weighted by Crippen LogP contribution is 2.08. The van der Waals surface area contributed by atoms with Crippen molar-refractivity contribution in [2.45, 2.75) is 6.61 Å². The quantitative estimate of drug-likeness (QED) is 0.494. The molecule has 0 saturated carbocycles. The van der Waals surface area contributed by atoms with Gasteiger partial charge in [-0.05, 0) is 29.1 Å². The molecule has 2 rings (SSSR count). The third-order valence-corrected chi connectivity index (χ3v) is 3.11. The molecule has 0 aliphatic rings. The molecule has 2 aromatic rings. The van der Waals surface area contributed by atoms with Gasteiger partial charge in [-0.25, -0.2) is 0 Å². The maximum Gasteiger partial charge on any atom is 0.248 e. The molecule has 0 bridgehead atoms. The van der Waals surface area contributed by atoms with Crippen LogP contribution in [0.2, 0.25) is 0 Å². The van der Waals surface area contributed by atoms with Gasteiger partial charge in [0.15, 0.2) is 5.84 Å². The number of nitrogens with zero attached hydrogens (tertiary/aromatic N) is 1. The van der Waals surface area contributed by atoms with Crippen LogP contribution in [0, 0.1) is 0 Å². The second kappa shape index (κ2) is 6.01. The van der Waals surface area contributed by atoms with E-state index in [0.29, 0.717) is 11.4 Å². The Morgan fingerprint density at radius 2 is 2.11 bits per heavy atom. The Balaban J connectivity index is 1.97. The molecular weight excluding hydrogens is 262 g/mol. The van der Waals surface area contributed by atoms with E-state index in [9.17, 15) is 4.79 Å². The van der Waals surface area contributed by atoms with Crippen LogP contribution in [0.1, 0.15) is 21.5 Å². The second-order valence-corrected chi connectivity index (χ2v) is 4.61. The van der Waals surface area contributed by atoms with Crippen molar-refractivity contribution in [2.75, 3.05) is 0 Å². The molecule has 0 radical (unpaired) electrons. The predicted molar refractivity (Wildman–Crippen MR) is 74.8 cm³/mol. The van der Waals surface area contributed by atoms with Crippen molar-refractivity contribution in [3.8, 4) is 0 Å². The summed E-state index contributed by atoms with van der Waals surface area (Å²) in [5, 5.41) is 7.62. The highest BCUT2D eigenvalue weighted by atomic mass is 32.1. The number of amides is 1. The number of hydrogen-bond acceptors (Lipinski definition) is 4. The Hall–Kier alpha value is -2.34. The van der Waals surface area contributed by atoms with Crippen LogP contribution in [0.3, 0.4) is 0 Å². The van der Waals surface area contributed by atoms with E-state index in [-0.39, 0.29) is 6.61 Å². The lowest BCUT2D eigenvalue weighted by Crippen LogP contribution is -2.13. The van der Waals surface area contributed by atoms with Gasteiger partial charge >= 0.3 is 0 Å². The van der Waals surface area contributed by atoms with E-state index in [0.717, 1.165) is 11.1 Å². The number of primary amides is 1. The topological polar surface area (TPSA) is 90.7 Å². The Morgan fingerprint density at radius 1 is 1.26 bits per heavy atom. The highest BCUT2D eigenvalue weighted by molar-refractivity contribution is 7.08. The zero-order chi connectivity index (χ0) is 13.7. The van der Waals surface area contributed by atoms with E-state index in [4.69, 9.17) is 16.3 Å². The first kappa shape index (κ1) is 13.1. The summed E-state index contributed by atoms with van der Waals surface area (Å²) in [6.45, 7) is 0.228. The van der Waals surface area contributed by atoms with Crippen LogP contribution in [0.25, 0.3) is 0 Å². The third-order valence-electron chi connectivity index (χ3n) is 2.42. The van der Waals surface area contributed by atoms with Gasteiger partial charge in [0.05, 0.1) is 0 Å². The first-order chi connectivity index (χ1) is 9.16. The maximum absolute atomic E-state index is 11.0. The standard InChI is InChI=1S/C13H13N3O2S/c14-12(11-4-5-19-8-11)16-18-7-9-2-1-3-10(6-9)13(15)17/h1-6,8H,7H2,(H2,14,16)(H2,15,17). The lowest BCUT2D eigenvalue weighted by atomic mass is 10.1. The monoisotopic (exact) mass is 275 g/mol. The number of oxime groups is 1. The van der Waals surface area contributed by atoms with Gasteiger partial charge < -0.3 is 16.3 Å². The molecule has 5 nitrogen and oxygen atoms in total. The summed E-state index contributed by atoms with van der Waals surface area (Å²) in [6, 6.07) is 8.74. The molecule has 0 fully saturated rings. The van der Waals surface area contributed by atoms with Gasteiger partial charge in [-0.2, -0.15) is 11.3 Å². The minimum atomic E-state index is -0.469. The molecule has 0 spiro atoms. The van der Waals surface area contributed by atoms with Crippen molar-refractivity contribution >= 4 is 23.1 Å². The largest absolute Gasteiger partial charge is 0.389 e. The number of nitrogens with two attached hydrogens (primary N) is 2. The summed E-state index contributed by atoms with van der Waals surface area (Å²) in [6.07, 6.45) is 0. The van der Waals surface area contributed by atoms with Crippen LogP contribution in [-0.4, -0.2) is 11.7 Å². The average Bonchev–Trinajstić information content (AvgIpc) is 2.93. The summed E-state index contributed by atoms with van der Waals surface area (Å²) >= 11 is 1.54. The van der Waals surface area contributed by atoms with E-state index >= 15 is 0 Å². The maximum atomic E-state index is 11.0. The van der Waals surface area contributed by atoms with E-state index in [1.165, 1.54) is 11.3 Å². The first-order valence-corrected chi connectivity index (χ1v) is 6.48. The van der Waals surface area contributed by atoms with Crippen molar-refractivity contribution in [3.05, 3.63) is 57.8 Å². The van der Waals surface area contributed by atoms with Crippen LogP contribution in [0.15, 0.2) is 46.2 Å². The zero-order valence-corrected chi connectivity index (χ0v) is 10.9. The van der Waals surface area contributed by atoms with Crippen molar-refractivity contribution in [2.24, 2.45) is 16.6 Å². The van der Waals surface area contributed by atoms with E-state index in [2.05, 4.69) is 5.16 Å². The zero-order valence-electron chi connectivity index (χ0n) is 10.1. The molecule has 0 unspecified atom stereocenters. The molecule has 1 heterocycles. The Bertz CT molecular complexity index is 594. The van der Waals surface area contributed by atoms with Crippen molar-refractivity contribution in [1.29, 1.82) is 0 Å². The van der Waals surface area contributed by atoms with Crippen LogP contribution in [0.4, 0.5) is 0 Å². The molecule has 4 N–H and O–H groups in total. The fourth-order valence-corrected chi connectivity index (χ4v) is 2.10. The normalized spacial score (nSPS) is 11.3.